The van der Waals surface area contributed by atoms with E-state index in [2.05, 4.69) is 27.9 Å². The van der Waals surface area contributed by atoms with Crippen LogP contribution < -0.4 is 5.32 Å². The van der Waals surface area contributed by atoms with Crippen molar-refractivity contribution in [2.75, 3.05) is 5.32 Å². The molecule has 0 spiro atoms. The lowest BCUT2D eigenvalue weighted by atomic mass is 10.1. The molecule has 0 unspecified atom stereocenters. The van der Waals surface area contributed by atoms with Crippen LogP contribution in [-0.4, -0.2) is 9.70 Å². The molecule has 1 aromatic rings. The summed E-state index contributed by atoms with van der Waals surface area (Å²) in [6, 6.07) is 5.66. The summed E-state index contributed by atoms with van der Waals surface area (Å²) in [5, 5.41) is 2.59. The highest BCUT2D eigenvalue weighted by atomic mass is 127. The first-order chi connectivity index (χ1) is 7.34. The Hall–Kier alpha value is 0.290. The Morgan fingerprint density at radius 1 is 1.44 bits per heavy atom. The van der Waals surface area contributed by atoms with Gasteiger partial charge >= 0.3 is 0 Å². The summed E-state index contributed by atoms with van der Waals surface area (Å²) in [7, 11) is 0. The number of alkyl halides is 3. The maximum atomic E-state index is 11.5. The second-order valence-electron chi connectivity index (χ2n) is 3.11. The Morgan fingerprint density at radius 3 is 2.56 bits per heavy atom. The van der Waals surface area contributed by atoms with Crippen molar-refractivity contribution in [3.05, 3.63) is 27.3 Å². The molecule has 0 aliphatic heterocycles. The van der Waals surface area contributed by atoms with E-state index in [0.717, 1.165) is 15.6 Å². The van der Waals surface area contributed by atoms with Gasteiger partial charge in [-0.1, -0.05) is 41.7 Å². The summed E-state index contributed by atoms with van der Waals surface area (Å²) in [6.07, 6.45) is 0.798. The minimum Gasteiger partial charge on any atom is -0.322 e. The summed E-state index contributed by atoms with van der Waals surface area (Å²) < 4.78 is -0.838. The Morgan fingerprint density at radius 2 is 2.06 bits per heavy atom. The van der Waals surface area contributed by atoms with Crippen molar-refractivity contribution in [3.63, 3.8) is 0 Å². The number of hydrogen-bond donors (Lipinski definition) is 1. The lowest BCUT2D eigenvalue weighted by Crippen LogP contribution is -2.27. The van der Waals surface area contributed by atoms with E-state index in [1.165, 1.54) is 0 Å². The Kier molecular flexibility index (Phi) is 5.16. The molecular weight excluding hydrogens is 383 g/mol. The van der Waals surface area contributed by atoms with Gasteiger partial charge in [0, 0.05) is 9.26 Å². The zero-order valence-electron chi connectivity index (χ0n) is 8.36. The number of carbonyl (C=O) groups excluding carboxylic acids is 1. The monoisotopic (exact) mass is 391 g/mol. The van der Waals surface area contributed by atoms with Crippen LogP contribution in [0.3, 0.4) is 0 Å². The molecule has 2 nitrogen and oxygen atoms in total. The lowest BCUT2D eigenvalue weighted by Gasteiger charge is -2.14. The first-order valence-electron chi connectivity index (χ1n) is 4.51. The van der Waals surface area contributed by atoms with Gasteiger partial charge in [0.25, 0.3) is 9.70 Å². The van der Waals surface area contributed by atoms with Crippen LogP contribution in [0, 0.1) is 3.57 Å². The Balaban J connectivity index is 2.93. The molecule has 0 bridgehead atoms. The van der Waals surface area contributed by atoms with E-state index in [-0.39, 0.29) is 0 Å². The molecule has 0 aliphatic rings. The van der Waals surface area contributed by atoms with Crippen molar-refractivity contribution in [3.8, 4) is 0 Å². The highest BCUT2D eigenvalue weighted by molar-refractivity contribution is 14.1. The number of benzene rings is 1. The molecule has 0 aliphatic carbocycles. The highest BCUT2D eigenvalue weighted by Crippen LogP contribution is 2.29. The zero-order valence-corrected chi connectivity index (χ0v) is 12.8. The standard InChI is InChI=1S/C10H9Cl3INO/c1-2-6-5-7(14)3-4-8(6)15-9(16)10(11,12)13/h3-5H,2H2,1H3,(H,15,16). The van der Waals surface area contributed by atoms with E-state index >= 15 is 0 Å². The molecule has 0 radical (unpaired) electrons. The summed E-state index contributed by atoms with van der Waals surface area (Å²) in [6.45, 7) is 2.00. The number of anilines is 1. The van der Waals surface area contributed by atoms with Crippen LogP contribution in [0.15, 0.2) is 18.2 Å². The van der Waals surface area contributed by atoms with E-state index in [9.17, 15) is 4.79 Å². The average molecular weight is 392 g/mol. The fraction of sp³-hybridized carbons (Fsp3) is 0.300. The normalized spacial score (nSPS) is 11.3. The van der Waals surface area contributed by atoms with Gasteiger partial charge in [0.05, 0.1) is 0 Å². The van der Waals surface area contributed by atoms with Crippen LogP contribution in [0.2, 0.25) is 0 Å². The van der Waals surface area contributed by atoms with Crippen molar-refractivity contribution < 1.29 is 4.79 Å². The second kappa shape index (κ2) is 5.76. The third-order valence-electron chi connectivity index (χ3n) is 1.95. The van der Waals surface area contributed by atoms with E-state index in [1.54, 1.807) is 6.07 Å². The van der Waals surface area contributed by atoms with Gasteiger partial charge in [-0.2, -0.15) is 0 Å². The number of aryl methyl sites for hydroxylation is 1. The Labute approximate surface area is 123 Å². The molecule has 0 saturated heterocycles. The first kappa shape index (κ1) is 14.4. The second-order valence-corrected chi connectivity index (χ2v) is 6.63. The van der Waals surface area contributed by atoms with Crippen LogP contribution in [-0.2, 0) is 11.2 Å². The molecule has 88 valence electrons. The highest BCUT2D eigenvalue weighted by Gasteiger charge is 2.30. The molecule has 0 atom stereocenters. The molecular formula is C10H9Cl3INO. The van der Waals surface area contributed by atoms with Gasteiger partial charge in [-0.3, -0.25) is 4.79 Å². The summed E-state index contributed by atoms with van der Waals surface area (Å²) in [5.41, 5.74) is 1.69. The van der Waals surface area contributed by atoms with Crippen LogP contribution in [0.4, 0.5) is 5.69 Å². The molecule has 0 aromatic heterocycles. The molecule has 1 amide bonds. The first-order valence-corrected chi connectivity index (χ1v) is 6.72. The van der Waals surface area contributed by atoms with Crippen LogP contribution >= 0.6 is 57.4 Å². The number of carbonyl (C=O) groups is 1. The van der Waals surface area contributed by atoms with E-state index in [0.29, 0.717) is 5.69 Å². The predicted molar refractivity (Wildman–Crippen MR) is 77.5 cm³/mol. The van der Waals surface area contributed by atoms with Gasteiger partial charge < -0.3 is 5.32 Å². The molecule has 1 N–H and O–H groups in total. The number of amides is 1. The van der Waals surface area contributed by atoms with Gasteiger partial charge in [-0.05, 0) is 52.8 Å². The fourth-order valence-electron chi connectivity index (χ4n) is 1.17. The van der Waals surface area contributed by atoms with Crippen molar-refractivity contribution >= 4 is 69.0 Å². The van der Waals surface area contributed by atoms with Crippen LogP contribution in [0.5, 0.6) is 0 Å². The third kappa shape index (κ3) is 3.95. The lowest BCUT2D eigenvalue weighted by molar-refractivity contribution is -0.115. The maximum absolute atomic E-state index is 11.5. The quantitative estimate of drug-likeness (QED) is 0.594. The minimum absolute atomic E-state index is 0.645. The van der Waals surface area contributed by atoms with E-state index in [1.807, 2.05) is 19.1 Å². The maximum Gasteiger partial charge on any atom is 0.276 e. The molecule has 1 rings (SSSR count). The van der Waals surface area contributed by atoms with Gasteiger partial charge in [-0.25, -0.2) is 0 Å². The van der Waals surface area contributed by atoms with E-state index in [4.69, 9.17) is 34.8 Å². The molecule has 0 fully saturated rings. The summed E-state index contributed by atoms with van der Waals surface area (Å²) >= 11 is 18.6. The summed E-state index contributed by atoms with van der Waals surface area (Å²) in [5.74, 6) is -0.645. The average Bonchev–Trinajstić information content (AvgIpc) is 2.19. The Bertz CT molecular complexity index is 404. The van der Waals surface area contributed by atoms with Gasteiger partial charge in [-0.15, -0.1) is 0 Å². The molecule has 16 heavy (non-hydrogen) atoms. The van der Waals surface area contributed by atoms with Crippen molar-refractivity contribution in [1.29, 1.82) is 0 Å². The van der Waals surface area contributed by atoms with Gasteiger partial charge in [0.1, 0.15) is 0 Å². The SMILES string of the molecule is CCc1cc(I)ccc1NC(=O)C(Cl)(Cl)Cl. The van der Waals surface area contributed by atoms with Crippen LogP contribution in [0.1, 0.15) is 12.5 Å². The van der Waals surface area contributed by atoms with Crippen LogP contribution in [0.25, 0.3) is 0 Å². The topological polar surface area (TPSA) is 29.1 Å². The molecule has 6 heteroatoms. The molecule has 1 aromatic carbocycles. The smallest absolute Gasteiger partial charge is 0.276 e. The third-order valence-corrected chi connectivity index (χ3v) is 3.14. The fourth-order valence-corrected chi connectivity index (χ4v) is 1.87. The molecule has 0 heterocycles. The number of nitrogens with one attached hydrogen (secondary N) is 1. The number of hydrogen-bond acceptors (Lipinski definition) is 1. The molecule has 0 saturated carbocycles. The van der Waals surface area contributed by atoms with Gasteiger partial charge in [0.15, 0.2) is 0 Å². The van der Waals surface area contributed by atoms with Crippen molar-refractivity contribution in [2.24, 2.45) is 0 Å². The van der Waals surface area contributed by atoms with Crippen molar-refractivity contribution in [1.82, 2.24) is 0 Å². The number of halogens is 4. The van der Waals surface area contributed by atoms with Crippen molar-refractivity contribution in [2.45, 2.75) is 17.1 Å². The van der Waals surface area contributed by atoms with E-state index < -0.39 is 9.70 Å². The zero-order chi connectivity index (χ0) is 12.3. The van der Waals surface area contributed by atoms with Gasteiger partial charge in [0.2, 0.25) is 0 Å². The number of rotatable bonds is 2. The predicted octanol–water partition coefficient (Wildman–Crippen LogP) is 4.16. The largest absolute Gasteiger partial charge is 0.322 e. The summed E-state index contributed by atoms with van der Waals surface area (Å²) in [4.78, 5) is 11.5. The minimum atomic E-state index is -1.94.